The van der Waals surface area contributed by atoms with Crippen LogP contribution in [0.1, 0.15) is 61.3 Å². The molecule has 1 amide bonds. The van der Waals surface area contributed by atoms with Crippen molar-refractivity contribution in [3.8, 4) is 5.69 Å². The third-order valence-corrected chi connectivity index (χ3v) is 6.42. The van der Waals surface area contributed by atoms with Gasteiger partial charge in [0.25, 0.3) is 11.5 Å². The zero-order valence-electron chi connectivity index (χ0n) is 21.1. The highest BCUT2D eigenvalue weighted by Crippen LogP contribution is 2.20. The molecule has 3 heterocycles. The second kappa shape index (κ2) is 11.7. The van der Waals surface area contributed by atoms with Crippen LogP contribution < -0.4 is 16.2 Å². The molecule has 188 valence electrons. The van der Waals surface area contributed by atoms with E-state index in [-0.39, 0.29) is 11.5 Å². The number of fused-ring (bicyclic) bond motifs is 1. The number of benzene rings is 1. The zero-order valence-corrected chi connectivity index (χ0v) is 21.1. The summed E-state index contributed by atoms with van der Waals surface area (Å²) < 4.78 is 6.82. The minimum Gasteiger partial charge on any atom is -0.467 e. The number of furan rings is 1. The monoisotopic (exact) mass is 487 g/mol. The molecule has 8 heteroatoms. The highest BCUT2D eigenvalue weighted by molar-refractivity contribution is 5.94. The van der Waals surface area contributed by atoms with Gasteiger partial charge in [0.15, 0.2) is 5.65 Å². The maximum Gasteiger partial charge on any atom is 0.256 e. The van der Waals surface area contributed by atoms with E-state index in [0.29, 0.717) is 41.1 Å². The van der Waals surface area contributed by atoms with Crippen LogP contribution in [-0.4, -0.2) is 27.0 Å². The van der Waals surface area contributed by atoms with E-state index < -0.39 is 0 Å². The van der Waals surface area contributed by atoms with Gasteiger partial charge in [-0.2, -0.15) is 4.98 Å². The Balaban J connectivity index is 1.59. The molecule has 3 aromatic heterocycles. The van der Waals surface area contributed by atoms with Gasteiger partial charge in [-0.3, -0.25) is 14.2 Å². The Morgan fingerprint density at radius 1 is 1.08 bits per heavy atom. The van der Waals surface area contributed by atoms with Crippen molar-refractivity contribution in [1.29, 1.82) is 0 Å². The summed E-state index contributed by atoms with van der Waals surface area (Å²) in [5, 5.41) is 7.02. The number of pyridine rings is 1. The number of hydrogen-bond donors (Lipinski definition) is 2. The summed E-state index contributed by atoms with van der Waals surface area (Å²) >= 11 is 0. The Labute approximate surface area is 210 Å². The first-order chi connectivity index (χ1) is 17.5. The van der Waals surface area contributed by atoms with Crippen LogP contribution in [0.3, 0.4) is 0 Å². The van der Waals surface area contributed by atoms with Crippen LogP contribution in [0.5, 0.6) is 0 Å². The number of aryl methyl sites for hydroxylation is 1. The van der Waals surface area contributed by atoms with Crippen molar-refractivity contribution in [3.63, 3.8) is 0 Å². The summed E-state index contributed by atoms with van der Waals surface area (Å²) in [7, 11) is 0. The Kier molecular flexibility index (Phi) is 8.15. The molecule has 0 aliphatic carbocycles. The van der Waals surface area contributed by atoms with E-state index >= 15 is 0 Å². The Morgan fingerprint density at radius 3 is 2.58 bits per heavy atom. The normalized spacial score (nSPS) is 12.0. The molecule has 0 fully saturated rings. The van der Waals surface area contributed by atoms with Crippen LogP contribution in [0.4, 0.5) is 5.95 Å². The quantitative estimate of drug-likeness (QED) is 0.300. The van der Waals surface area contributed by atoms with E-state index in [0.717, 1.165) is 24.0 Å². The van der Waals surface area contributed by atoms with Crippen LogP contribution >= 0.6 is 0 Å². The lowest BCUT2D eigenvalue weighted by molar-refractivity contribution is 0.0948. The number of hydrogen-bond acceptors (Lipinski definition) is 6. The lowest BCUT2D eigenvalue weighted by Gasteiger charge is -2.17. The van der Waals surface area contributed by atoms with Crippen molar-refractivity contribution in [2.45, 2.75) is 53.0 Å². The number of nitrogens with zero attached hydrogens (tertiary/aromatic N) is 3. The Bertz CT molecular complexity index is 1360. The molecule has 0 aliphatic heterocycles. The molecular weight excluding hydrogens is 454 g/mol. The molecule has 36 heavy (non-hydrogen) atoms. The van der Waals surface area contributed by atoms with Gasteiger partial charge in [0.2, 0.25) is 5.95 Å². The number of carbonyl (C=O) groups excluding carboxylic acids is 1. The van der Waals surface area contributed by atoms with Crippen molar-refractivity contribution in [1.82, 2.24) is 19.9 Å². The van der Waals surface area contributed by atoms with E-state index in [2.05, 4.69) is 29.5 Å². The molecule has 4 aromatic rings. The van der Waals surface area contributed by atoms with Crippen LogP contribution in [0.25, 0.3) is 16.7 Å². The lowest BCUT2D eigenvalue weighted by atomic mass is 9.99. The first kappa shape index (κ1) is 25.2. The summed E-state index contributed by atoms with van der Waals surface area (Å²) in [4.78, 5) is 34.8. The van der Waals surface area contributed by atoms with Crippen molar-refractivity contribution >= 4 is 22.9 Å². The summed E-state index contributed by atoms with van der Waals surface area (Å²) in [6.07, 6.45) is 6.20. The number of unbranched alkanes of at least 4 members (excludes halogenated alkanes) is 1. The summed E-state index contributed by atoms with van der Waals surface area (Å²) in [5.74, 6) is 1.52. The van der Waals surface area contributed by atoms with E-state index in [1.54, 1.807) is 53.3 Å². The maximum atomic E-state index is 12.9. The third-order valence-electron chi connectivity index (χ3n) is 6.42. The Hall–Kier alpha value is -3.94. The fraction of sp³-hybridized carbons (Fsp3) is 0.357. The minimum absolute atomic E-state index is 0.198. The van der Waals surface area contributed by atoms with Crippen molar-refractivity contribution in [3.05, 3.63) is 82.2 Å². The highest BCUT2D eigenvalue weighted by Gasteiger charge is 2.14. The topological polar surface area (TPSA) is 102 Å². The van der Waals surface area contributed by atoms with Crippen LogP contribution in [0.2, 0.25) is 0 Å². The fourth-order valence-corrected chi connectivity index (χ4v) is 4.22. The van der Waals surface area contributed by atoms with Gasteiger partial charge < -0.3 is 15.1 Å². The van der Waals surface area contributed by atoms with Gasteiger partial charge >= 0.3 is 0 Å². The first-order valence-corrected chi connectivity index (χ1v) is 12.6. The summed E-state index contributed by atoms with van der Waals surface area (Å²) in [5.41, 5.74) is 2.26. The minimum atomic E-state index is -0.221. The summed E-state index contributed by atoms with van der Waals surface area (Å²) in [6, 6.07) is 13.8. The average Bonchev–Trinajstić information content (AvgIpc) is 3.41. The molecule has 1 aromatic carbocycles. The molecule has 1 atom stereocenters. The van der Waals surface area contributed by atoms with Crippen LogP contribution in [0, 0.1) is 12.8 Å². The van der Waals surface area contributed by atoms with E-state index in [1.807, 2.05) is 6.92 Å². The van der Waals surface area contributed by atoms with Gasteiger partial charge in [-0.1, -0.05) is 33.1 Å². The molecule has 0 bridgehead atoms. The van der Waals surface area contributed by atoms with Crippen molar-refractivity contribution < 1.29 is 9.21 Å². The number of carbonyl (C=O) groups is 1. The smallest absolute Gasteiger partial charge is 0.256 e. The molecule has 0 radical (unpaired) electrons. The zero-order chi connectivity index (χ0) is 25.5. The number of amides is 1. The first-order valence-electron chi connectivity index (χ1n) is 12.6. The SMILES string of the molecule is CCCCC(CC)CNc1nc(C)c2ccc(=O)n(-c3ccc(C(=O)NCc4ccco4)cc3)c2n1. The third kappa shape index (κ3) is 5.82. The molecule has 0 spiro atoms. The molecule has 0 saturated carbocycles. The van der Waals surface area contributed by atoms with Gasteiger partial charge in [-0.15, -0.1) is 0 Å². The molecule has 1 unspecified atom stereocenters. The predicted molar refractivity (Wildman–Crippen MR) is 142 cm³/mol. The highest BCUT2D eigenvalue weighted by atomic mass is 16.3. The number of rotatable bonds is 11. The molecular formula is C28H33N5O3. The van der Waals surface area contributed by atoms with Crippen LogP contribution in [0.15, 0.2) is 64.0 Å². The van der Waals surface area contributed by atoms with E-state index in [4.69, 9.17) is 9.40 Å². The largest absolute Gasteiger partial charge is 0.467 e. The Morgan fingerprint density at radius 2 is 1.89 bits per heavy atom. The van der Waals surface area contributed by atoms with Gasteiger partial charge in [0, 0.05) is 23.6 Å². The number of aromatic nitrogens is 3. The fourth-order valence-electron chi connectivity index (χ4n) is 4.22. The maximum absolute atomic E-state index is 12.9. The second-order valence-corrected chi connectivity index (χ2v) is 8.98. The standard InChI is InChI=1S/C28H33N5O3/c1-4-6-8-20(5-2)17-30-28-31-19(3)24-14-15-25(34)33(26(24)32-28)22-12-10-21(11-13-22)27(35)29-18-23-9-7-16-36-23/h7,9-16,20H,4-6,8,17-18H2,1-3H3,(H,29,35)(H,30,31,32). The van der Waals surface area contributed by atoms with Gasteiger partial charge in [-0.05, 0) is 61.7 Å². The number of anilines is 1. The number of nitrogens with one attached hydrogen (secondary N) is 2. The average molecular weight is 488 g/mol. The van der Waals surface area contributed by atoms with Gasteiger partial charge in [0.05, 0.1) is 24.2 Å². The van der Waals surface area contributed by atoms with Crippen molar-refractivity contribution in [2.75, 3.05) is 11.9 Å². The molecule has 2 N–H and O–H groups in total. The van der Waals surface area contributed by atoms with Gasteiger partial charge in [-0.25, -0.2) is 4.98 Å². The summed E-state index contributed by atoms with van der Waals surface area (Å²) in [6.45, 7) is 7.42. The van der Waals surface area contributed by atoms with Crippen molar-refractivity contribution in [2.24, 2.45) is 5.92 Å². The molecule has 0 aliphatic rings. The molecule has 4 rings (SSSR count). The van der Waals surface area contributed by atoms with Crippen LogP contribution in [-0.2, 0) is 6.54 Å². The second-order valence-electron chi connectivity index (χ2n) is 8.98. The van der Waals surface area contributed by atoms with E-state index in [1.165, 1.54) is 25.3 Å². The lowest BCUT2D eigenvalue weighted by Crippen LogP contribution is -2.23. The van der Waals surface area contributed by atoms with Gasteiger partial charge in [0.1, 0.15) is 5.76 Å². The molecule has 0 saturated heterocycles. The molecule has 8 nitrogen and oxygen atoms in total. The van der Waals surface area contributed by atoms with E-state index in [9.17, 15) is 9.59 Å². The predicted octanol–water partition coefficient (Wildman–Crippen LogP) is 5.24.